The summed E-state index contributed by atoms with van der Waals surface area (Å²) >= 11 is 0. The predicted molar refractivity (Wildman–Crippen MR) is 113 cm³/mol. The summed E-state index contributed by atoms with van der Waals surface area (Å²) in [6.45, 7) is 7.65. The van der Waals surface area contributed by atoms with Gasteiger partial charge in [-0.25, -0.2) is 19.3 Å². The van der Waals surface area contributed by atoms with Gasteiger partial charge < -0.3 is 9.47 Å². The molecule has 1 aliphatic rings. The van der Waals surface area contributed by atoms with Crippen LogP contribution in [0.1, 0.15) is 5.69 Å². The number of rotatable bonds is 4. The van der Waals surface area contributed by atoms with Crippen LogP contribution in [0.3, 0.4) is 0 Å². The Morgan fingerprint density at radius 3 is 2.45 bits per heavy atom. The Balaban J connectivity index is 1.23. The van der Waals surface area contributed by atoms with E-state index in [1.54, 1.807) is 12.4 Å². The van der Waals surface area contributed by atoms with Crippen LogP contribution in [-0.4, -0.2) is 57.1 Å². The van der Waals surface area contributed by atoms with E-state index in [1.165, 1.54) is 12.1 Å². The highest BCUT2D eigenvalue weighted by Gasteiger charge is 2.20. The predicted octanol–water partition coefficient (Wildman–Crippen LogP) is 3.25. The molecule has 4 aromatic rings. The lowest BCUT2D eigenvalue weighted by Gasteiger charge is -2.35. The van der Waals surface area contributed by atoms with Gasteiger partial charge in [0.05, 0.1) is 34.1 Å². The van der Waals surface area contributed by atoms with Crippen LogP contribution in [0.4, 0.5) is 10.2 Å². The van der Waals surface area contributed by atoms with Gasteiger partial charge >= 0.3 is 0 Å². The zero-order valence-corrected chi connectivity index (χ0v) is 16.4. The molecule has 0 spiro atoms. The Morgan fingerprint density at radius 1 is 0.897 bits per heavy atom. The van der Waals surface area contributed by atoms with E-state index in [2.05, 4.69) is 19.4 Å². The van der Waals surface area contributed by atoms with Gasteiger partial charge in [-0.05, 0) is 31.2 Å². The summed E-state index contributed by atoms with van der Waals surface area (Å²) in [6.07, 6.45) is 1.80. The number of fused-ring (bicyclic) bond motifs is 2. The molecule has 7 heteroatoms. The number of aromatic nitrogens is 4. The third kappa shape index (κ3) is 3.53. The second-order valence-corrected chi connectivity index (χ2v) is 7.52. The number of aryl methyl sites for hydroxylation is 1. The Morgan fingerprint density at radius 2 is 1.66 bits per heavy atom. The summed E-state index contributed by atoms with van der Waals surface area (Å²) in [6, 6.07) is 12.8. The average molecular weight is 390 g/mol. The van der Waals surface area contributed by atoms with Crippen molar-refractivity contribution in [1.82, 2.24) is 24.4 Å². The van der Waals surface area contributed by atoms with Gasteiger partial charge in [-0.15, -0.1) is 0 Å². The van der Waals surface area contributed by atoms with Crippen LogP contribution in [0.2, 0.25) is 0 Å². The molecule has 0 unspecified atom stereocenters. The van der Waals surface area contributed by atoms with Crippen LogP contribution in [0.5, 0.6) is 0 Å². The number of hydrogen-bond donors (Lipinski definition) is 0. The Bertz CT molecular complexity index is 1160. The molecule has 148 valence electrons. The molecule has 29 heavy (non-hydrogen) atoms. The third-order valence-electron chi connectivity index (χ3n) is 5.63. The van der Waals surface area contributed by atoms with Crippen molar-refractivity contribution < 1.29 is 4.39 Å². The van der Waals surface area contributed by atoms with Crippen LogP contribution in [0.25, 0.3) is 22.1 Å². The fourth-order valence-electron chi connectivity index (χ4n) is 4.03. The van der Waals surface area contributed by atoms with Gasteiger partial charge in [0.1, 0.15) is 5.82 Å². The lowest BCUT2D eigenvalue weighted by Crippen LogP contribution is -2.47. The normalized spacial score (nSPS) is 15.4. The molecule has 3 heterocycles. The van der Waals surface area contributed by atoms with Crippen LogP contribution in [0.15, 0.2) is 48.8 Å². The molecule has 0 atom stereocenters. The van der Waals surface area contributed by atoms with Gasteiger partial charge in [0, 0.05) is 45.3 Å². The van der Waals surface area contributed by atoms with Crippen LogP contribution < -0.4 is 4.90 Å². The van der Waals surface area contributed by atoms with E-state index in [4.69, 9.17) is 9.97 Å². The molecule has 2 aromatic heterocycles. The lowest BCUT2D eigenvalue weighted by atomic mass is 10.2. The molecule has 0 radical (unpaired) electrons. The first-order valence-corrected chi connectivity index (χ1v) is 9.98. The number of benzene rings is 2. The van der Waals surface area contributed by atoms with Crippen molar-refractivity contribution in [2.45, 2.75) is 13.5 Å². The molecule has 1 saturated heterocycles. The Hall–Kier alpha value is -3.06. The topological polar surface area (TPSA) is 50.1 Å². The fourth-order valence-corrected chi connectivity index (χ4v) is 4.03. The molecule has 6 nitrogen and oxygen atoms in total. The summed E-state index contributed by atoms with van der Waals surface area (Å²) in [4.78, 5) is 18.7. The third-order valence-corrected chi connectivity index (χ3v) is 5.63. The van der Waals surface area contributed by atoms with E-state index in [0.717, 1.165) is 67.3 Å². The first-order chi connectivity index (χ1) is 14.2. The summed E-state index contributed by atoms with van der Waals surface area (Å²) < 4.78 is 15.4. The number of anilines is 1. The number of halogens is 1. The molecular weight excluding hydrogens is 367 g/mol. The number of imidazole rings is 1. The Kier molecular flexibility index (Phi) is 4.60. The highest BCUT2D eigenvalue weighted by atomic mass is 19.1. The molecule has 1 aliphatic heterocycles. The van der Waals surface area contributed by atoms with E-state index in [-0.39, 0.29) is 5.82 Å². The first-order valence-electron chi connectivity index (χ1n) is 9.98. The van der Waals surface area contributed by atoms with Crippen molar-refractivity contribution in [2.24, 2.45) is 0 Å². The highest BCUT2D eigenvalue weighted by Crippen LogP contribution is 2.21. The van der Waals surface area contributed by atoms with Crippen molar-refractivity contribution in [3.8, 4) is 0 Å². The zero-order chi connectivity index (χ0) is 19.8. The average Bonchev–Trinajstić information content (AvgIpc) is 3.14. The molecule has 0 N–H and O–H groups in total. The van der Waals surface area contributed by atoms with E-state index < -0.39 is 0 Å². The fraction of sp³-hybridized carbons (Fsp3) is 0.318. The number of piperazine rings is 1. The smallest absolute Gasteiger partial charge is 0.150 e. The molecule has 0 aliphatic carbocycles. The van der Waals surface area contributed by atoms with E-state index >= 15 is 0 Å². The maximum Gasteiger partial charge on any atom is 0.150 e. The SMILES string of the molecule is Cc1nc2ccccc2nc1N1CCN(CCn2cnc3cc(F)ccc32)CC1. The van der Waals surface area contributed by atoms with Crippen LogP contribution >= 0.6 is 0 Å². The van der Waals surface area contributed by atoms with Crippen molar-refractivity contribution in [1.29, 1.82) is 0 Å². The quantitative estimate of drug-likeness (QED) is 0.535. The maximum atomic E-state index is 13.3. The van der Waals surface area contributed by atoms with Crippen molar-refractivity contribution in [3.63, 3.8) is 0 Å². The van der Waals surface area contributed by atoms with E-state index in [9.17, 15) is 4.39 Å². The summed E-state index contributed by atoms with van der Waals surface area (Å²) in [5, 5.41) is 0. The zero-order valence-electron chi connectivity index (χ0n) is 16.4. The standard InChI is InChI=1S/C22H23FN6/c1-16-22(26-19-5-3-2-4-18(19)25-16)28-11-8-27(9-12-28)10-13-29-15-24-20-14-17(23)6-7-21(20)29/h2-7,14-15H,8-13H2,1H3. The molecule has 2 aromatic carbocycles. The Labute approximate surface area is 168 Å². The minimum atomic E-state index is -0.244. The van der Waals surface area contributed by atoms with Crippen molar-refractivity contribution in [2.75, 3.05) is 37.6 Å². The largest absolute Gasteiger partial charge is 0.353 e. The number of nitrogens with zero attached hydrogens (tertiary/aromatic N) is 6. The second-order valence-electron chi connectivity index (χ2n) is 7.52. The van der Waals surface area contributed by atoms with Crippen LogP contribution in [-0.2, 0) is 6.54 Å². The summed E-state index contributed by atoms with van der Waals surface area (Å²) in [5.41, 5.74) is 4.56. The van der Waals surface area contributed by atoms with Crippen LogP contribution in [0, 0.1) is 12.7 Å². The van der Waals surface area contributed by atoms with Gasteiger partial charge in [0.15, 0.2) is 5.82 Å². The maximum absolute atomic E-state index is 13.3. The van der Waals surface area contributed by atoms with E-state index in [1.807, 2.05) is 31.2 Å². The van der Waals surface area contributed by atoms with Gasteiger partial charge in [-0.2, -0.15) is 0 Å². The van der Waals surface area contributed by atoms with Gasteiger partial charge in [-0.1, -0.05) is 12.1 Å². The molecule has 0 bridgehead atoms. The molecule has 0 saturated carbocycles. The molecular formula is C22H23FN6. The lowest BCUT2D eigenvalue weighted by molar-refractivity contribution is 0.248. The molecule has 0 amide bonds. The summed E-state index contributed by atoms with van der Waals surface area (Å²) in [7, 11) is 0. The highest BCUT2D eigenvalue weighted by molar-refractivity contribution is 5.76. The minimum absolute atomic E-state index is 0.244. The first kappa shape index (κ1) is 18.0. The second kappa shape index (κ2) is 7.40. The van der Waals surface area contributed by atoms with Gasteiger partial charge in [0.2, 0.25) is 0 Å². The minimum Gasteiger partial charge on any atom is -0.353 e. The number of para-hydroxylation sites is 2. The van der Waals surface area contributed by atoms with Gasteiger partial charge in [0.25, 0.3) is 0 Å². The van der Waals surface area contributed by atoms with Crippen molar-refractivity contribution in [3.05, 3.63) is 60.3 Å². The number of hydrogen-bond acceptors (Lipinski definition) is 5. The van der Waals surface area contributed by atoms with Gasteiger partial charge in [-0.3, -0.25) is 4.90 Å². The van der Waals surface area contributed by atoms with Crippen molar-refractivity contribution >= 4 is 27.9 Å². The molecule has 5 rings (SSSR count). The summed E-state index contributed by atoms with van der Waals surface area (Å²) in [5.74, 6) is 0.747. The van der Waals surface area contributed by atoms with E-state index in [0.29, 0.717) is 5.52 Å². The molecule has 1 fully saturated rings. The monoisotopic (exact) mass is 390 g/mol.